The minimum absolute atomic E-state index is 0.0978. The number of halogens is 3. The Morgan fingerprint density at radius 3 is 2.59 bits per heavy atom. The summed E-state index contributed by atoms with van der Waals surface area (Å²) in [5, 5.41) is 12.4. The van der Waals surface area contributed by atoms with Crippen LogP contribution in [0.3, 0.4) is 0 Å². The maximum Gasteiger partial charge on any atom is 0.573 e. The molecule has 0 saturated heterocycles. The summed E-state index contributed by atoms with van der Waals surface area (Å²) in [6.45, 7) is 7.58. The van der Waals surface area contributed by atoms with Gasteiger partial charge in [0.25, 0.3) is 0 Å². The van der Waals surface area contributed by atoms with Gasteiger partial charge < -0.3 is 10.1 Å². The molecule has 0 unspecified atom stereocenters. The highest BCUT2D eigenvalue weighted by molar-refractivity contribution is 5.95. The van der Waals surface area contributed by atoms with Crippen LogP contribution in [0.5, 0.6) is 5.75 Å². The van der Waals surface area contributed by atoms with Gasteiger partial charge in [-0.05, 0) is 55.8 Å². The normalized spacial score (nSPS) is 11.7. The first kappa shape index (κ1) is 23.0. The standard InChI is InChI=1S/C23H21F3N6O2/c1-4-20(33)28-12-19-21-18(15-11-29-31(13-15)14(2)3)9-10-27-22(21)32(30-19)16-5-7-17(8-6-16)34-23(24,25)26/h4-11,13-14H,1,12H2,2-3H3,(H,28,33). The lowest BCUT2D eigenvalue weighted by Gasteiger charge is -2.09. The molecule has 1 N–H and O–H groups in total. The van der Waals surface area contributed by atoms with Gasteiger partial charge in [-0.1, -0.05) is 6.58 Å². The van der Waals surface area contributed by atoms with Crippen molar-refractivity contribution < 1.29 is 22.7 Å². The van der Waals surface area contributed by atoms with Gasteiger partial charge in [-0.3, -0.25) is 9.48 Å². The second kappa shape index (κ2) is 9.00. The minimum atomic E-state index is -4.78. The zero-order valence-electron chi connectivity index (χ0n) is 18.4. The van der Waals surface area contributed by atoms with Crippen molar-refractivity contribution in [2.45, 2.75) is 32.8 Å². The Morgan fingerprint density at radius 1 is 1.24 bits per heavy atom. The molecule has 1 amide bonds. The van der Waals surface area contributed by atoms with Crippen molar-refractivity contribution in [2.24, 2.45) is 0 Å². The number of alkyl halides is 3. The van der Waals surface area contributed by atoms with Gasteiger partial charge in [0, 0.05) is 24.0 Å². The van der Waals surface area contributed by atoms with Gasteiger partial charge in [0.05, 0.1) is 29.5 Å². The molecule has 11 heteroatoms. The van der Waals surface area contributed by atoms with Crippen molar-refractivity contribution in [2.75, 3.05) is 0 Å². The van der Waals surface area contributed by atoms with Crippen molar-refractivity contribution in [3.05, 3.63) is 67.3 Å². The van der Waals surface area contributed by atoms with Crippen LogP contribution >= 0.6 is 0 Å². The largest absolute Gasteiger partial charge is 0.573 e. The molecule has 176 valence electrons. The van der Waals surface area contributed by atoms with E-state index in [-0.39, 0.29) is 24.2 Å². The highest BCUT2D eigenvalue weighted by atomic mass is 19.4. The van der Waals surface area contributed by atoms with Crippen LogP contribution in [-0.2, 0) is 11.3 Å². The maximum atomic E-state index is 12.5. The number of amides is 1. The van der Waals surface area contributed by atoms with Crippen LogP contribution in [0.25, 0.3) is 27.8 Å². The maximum absolute atomic E-state index is 12.5. The Morgan fingerprint density at radius 2 is 1.97 bits per heavy atom. The summed E-state index contributed by atoms with van der Waals surface area (Å²) in [6, 6.07) is 7.29. The molecule has 1 aromatic carbocycles. The average Bonchev–Trinajstić information content (AvgIpc) is 3.42. The van der Waals surface area contributed by atoms with Crippen molar-refractivity contribution in [3.63, 3.8) is 0 Å². The van der Waals surface area contributed by atoms with E-state index in [4.69, 9.17) is 0 Å². The number of hydrogen-bond acceptors (Lipinski definition) is 5. The van der Waals surface area contributed by atoms with Crippen LogP contribution in [-0.4, -0.2) is 36.8 Å². The quantitative estimate of drug-likeness (QED) is 0.400. The molecule has 0 fully saturated rings. The molecule has 0 aliphatic rings. The van der Waals surface area contributed by atoms with Crippen LogP contribution in [0.4, 0.5) is 13.2 Å². The third-order valence-electron chi connectivity index (χ3n) is 5.01. The summed E-state index contributed by atoms with van der Waals surface area (Å²) in [7, 11) is 0. The smallest absolute Gasteiger partial charge is 0.406 e. The van der Waals surface area contributed by atoms with Crippen LogP contribution in [0.2, 0.25) is 0 Å². The zero-order chi connectivity index (χ0) is 24.5. The summed E-state index contributed by atoms with van der Waals surface area (Å²) in [5.41, 5.74) is 3.13. The van der Waals surface area contributed by atoms with Crippen molar-refractivity contribution >= 4 is 16.9 Å². The summed E-state index contributed by atoms with van der Waals surface area (Å²) in [6.07, 6.45) is 1.64. The molecule has 3 aromatic heterocycles. The number of nitrogens with zero attached hydrogens (tertiary/aromatic N) is 5. The van der Waals surface area contributed by atoms with Gasteiger partial charge in [0.2, 0.25) is 5.91 Å². The second-order valence-electron chi connectivity index (χ2n) is 7.68. The first-order valence-corrected chi connectivity index (χ1v) is 10.3. The highest BCUT2D eigenvalue weighted by Crippen LogP contribution is 2.32. The predicted octanol–water partition coefficient (Wildman–Crippen LogP) is 4.57. The van der Waals surface area contributed by atoms with E-state index >= 15 is 0 Å². The molecule has 4 aromatic rings. The van der Waals surface area contributed by atoms with Crippen molar-refractivity contribution in [1.82, 2.24) is 29.9 Å². The number of fused-ring (bicyclic) bond motifs is 1. The molecule has 0 bridgehead atoms. The second-order valence-corrected chi connectivity index (χ2v) is 7.68. The molecule has 34 heavy (non-hydrogen) atoms. The van der Waals surface area contributed by atoms with E-state index in [0.717, 1.165) is 17.2 Å². The third kappa shape index (κ3) is 4.77. The Hall–Kier alpha value is -4.15. The zero-order valence-corrected chi connectivity index (χ0v) is 18.4. The van der Waals surface area contributed by atoms with E-state index in [0.29, 0.717) is 22.4 Å². The number of nitrogens with one attached hydrogen (secondary N) is 1. The molecule has 0 aliphatic heterocycles. The molecular formula is C23H21F3N6O2. The third-order valence-corrected chi connectivity index (χ3v) is 5.01. The Balaban J connectivity index is 1.83. The van der Waals surface area contributed by atoms with Gasteiger partial charge in [0.15, 0.2) is 5.65 Å². The van der Waals surface area contributed by atoms with Gasteiger partial charge in [0.1, 0.15) is 5.75 Å². The lowest BCUT2D eigenvalue weighted by molar-refractivity contribution is -0.274. The van der Waals surface area contributed by atoms with E-state index < -0.39 is 6.36 Å². The molecule has 8 nitrogen and oxygen atoms in total. The number of aromatic nitrogens is 5. The van der Waals surface area contributed by atoms with Gasteiger partial charge in [-0.15, -0.1) is 13.2 Å². The number of carbonyl (C=O) groups excluding carboxylic acids is 1. The topological polar surface area (TPSA) is 86.9 Å². The summed E-state index contributed by atoms with van der Waals surface area (Å²) in [4.78, 5) is 16.2. The van der Waals surface area contributed by atoms with Gasteiger partial charge in [-0.2, -0.15) is 10.2 Å². The summed E-state index contributed by atoms with van der Waals surface area (Å²) < 4.78 is 44.8. The fourth-order valence-electron chi connectivity index (χ4n) is 3.45. The Labute approximate surface area is 192 Å². The number of pyridine rings is 1. The predicted molar refractivity (Wildman–Crippen MR) is 119 cm³/mol. The van der Waals surface area contributed by atoms with Crippen LogP contribution in [0.1, 0.15) is 25.6 Å². The average molecular weight is 470 g/mol. The van der Waals surface area contributed by atoms with Crippen LogP contribution in [0.15, 0.2) is 61.6 Å². The lowest BCUT2D eigenvalue weighted by Crippen LogP contribution is -2.20. The molecule has 0 atom stereocenters. The number of benzene rings is 1. The van der Waals surface area contributed by atoms with Crippen LogP contribution in [0, 0.1) is 0 Å². The first-order valence-electron chi connectivity index (χ1n) is 10.3. The SMILES string of the molecule is C=CC(=O)NCc1nn(-c2ccc(OC(F)(F)F)cc2)c2nccc(-c3cnn(C(C)C)c3)c12. The molecule has 3 heterocycles. The van der Waals surface area contributed by atoms with Gasteiger partial charge in [-0.25, -0.2) is 9.67 Å². The number of hydrogen-bond donors (Lipinski definition) is 1. The highest BCUT2D eigenvalue weighted by Gasteiger charge is 2.31. The molecule has 4 rings (SSSR count). The molecule has 0 spiro atoms. The number of ether oxygens (including phenoxy) is 1. The summed E-state index contributed by atoms with van der Waals surface area (Å²) >= 11 is 0. The fraction of sp³-hybridized carbons (Fsp3) is 0.217. The van der Waals surface area contributed by atoms with E-state index in [9.17, 15) is 18.0 Å². The Bertz CT molecular complexity index is 1340. The lowest BCUT2D eigenvalue weighted by atomic mass is 10.1. The fourth-order valence-corrected chi connectivity index (χ4v) is 3.45. The van der Waals surface area contributed by atoms with Crippen molar-refractivity contribution in [1.29, 1.82) is 0 Å². The monoisotopic (exact) mass is 470 g/mol. The summed E-state index contributed by atoms with van der Waals surface area (Å²) in [5.74, 6) is -0.713. The molecule has 0 saturated carbocycles. The van der Waals surface area contributed by atoms with E-state index in [2.05, 4.69) is 31.8 Å². The first-order chi connectivity index (χ1) is 16.2. The van der Waals surface area contributed by atoms with Crippen molar-refractivity contribution in [3.8, 4) is 22.6 Å². The molecule has 0 radical (unpaired) electrons. The number of carbonyl (C=O) groups is 1. The number of rotatable bonds is 7. The Kier molecular flexibility index (Phi) is 6.10. The van der Waals surface area contributed by atoms with E-state index in [1.807, 2.05) is 30.8 Å². The van der Waals surface area contributed by atoms with E-state index in [1.54, 1.807) is 12.4 Å². The molecule has 0 aliphatic carbocycles. The van der Waals surface area contributed by atoms with Gasteiger partial charge >= 0.3 is 6.36 Å². The van der Waals surface area contributed by atoms with E-state index in [1.165, 1.54) is 28.9 Å². The minimum Gasteiger partial charge on any atom is -0.406 e. The molecular weight excluding hydrogens is 449 g/mol. The van der Waals surface area contributed by atoms with Crippen LogP contribution < -0.4 is 10.1 Å².